The van der Waals surface area contributed by atoms with Crippen molar-refractivity contribution in [1.29, 1.82) is 0 Å². The standard InChI is InChI=1S/C15H12BrNO2/c16-10-3-1-2-4-11(10)17-14(18)12-8-5-6-9(7-8)13(12)15(17)19/h1-6,8-9,12-13H,7H2/t8-,9+,12-,13-/m0/s1. The van der Waals surface area contributed by atoms with E-state index in [4.69, 9.17) is 0 Å². The van der Waals surface area contributed by atoms with Gasteiger partial charge >= 0.3 is 0 Å². The van der Waals surface area contributed by atoms with Crippen LogP contribution in [0.2, 0.25) is 0 Å². The molecule has 0 unspecified atom stereocenters. The molecule has 0 radical (unpaired) electrons. The van der Waals surface area contributed by atoms with E-state index in [0.717, 1.165) is 10.9 Å². The van der Waals surface area contributed by atoms with Crippen LogP contribution in [-0.4, -0.2) is 11.8 Å². The number of anilines is 1. The van der Waals surface area contributed by atoms with Crippen LogP contribution in [0.25, 0.3) is 0 Å². The van der Waals surface area contributed by atoms with Gasteiger partial charge in [0.1, 0.15) is 0 Å². The Morgan fingerprint density at radius 1 is 1.00 bits per heavy atom. The molecule has 2 fully saturated rings. The summed E-state index contributed by atoms with van der Waals surface area (Å²) in [6.45, 7) is 0. The number of carbonyl (C=O) groups is 2. The smallest absolute Gasteiger partial charge is 0.238 e. The van der Waals surface area contributed by atoms with E-state index in [9.17, 15) is 9.59 Å². The van der Waals surface area contributed by atoms with Crippen LogP contribution in [-0.2, 0) is 9.59 Å². The van der Waals surface area contributed by atoms with Crippen molar-refractivity contribution in [1.82, 2.24) is 0 Å². The van der Waals surface area contributed by atoms with Crippen molar-refractivity contribution < 1.29 is 9.59 Å². The molecule has 4 atom stereocenters. The van der Waals surface area contributed by atoms with Crippen LogP contribution < -0.4 is 4.90 Å². The number of imide groups is 1. The van der Waals surface area contributed by atoms with Gasteiger partial charge in [0.15, 0.2) is 0 Å². The van der Waals surface area contributed by atoms with Gasteiger partial charge < -0.3 is 0 Å². The van der Waals surface area contributed by atoms with Crippen LogP contribution in [0.5, 0.6) is 0 Å². The van der Waals surface area contributed by atoms with Gasteiger partial charge in [0.2, 0.25) is 11.8 Å². The summed E-state index contributed by atoms with van der Waals surface area (Å²) in [7, 11) is 0. The zero-order valence-electron chi connectivity index (χ0n) is 10.1. The second-order valence-corrected chi connectivity index (χ2v) is 6.32. The number of rotatable bonds is 1. The van der Waals surface area contributed by atoms with Gasteiger partial charge in [-0.3, -0.25) is 9.59 Å². The number of benzene rings is 1. The normalized spacial score (nSPS) is 35.3. The molecule has 19 heavy (non-hydrogen) atoms. The summed E-state index contributed by atoms with van der Waals surface area (Å²) >= 11 is 3.43. The summed E-state index contributed by atoms with van der Waals surface area (Å²) in [5.74, 6) is 0.208. The van der Waals surface area contributed by atoms with Crippen LogP contribution >= 0.6 is 15.9 Å². The number of fused-ring (bicyclic) bond motifs is 5. The molecule has 1 aromatic rings. The molecule has 2 bridgehead atoms. The summed E-state index contributed by atoms with van der Waals surface area (Å²) in [4.78, 5) is 26.6. The maximum atomic E-state index is 12.6. The third kappa shape index (κ3) is 1.38. The quantitative estimate of drug-likeness (QED) is 0.590. The zero-order chi connectivity index (χ0) is 13.1. The van der Waals surface area contributed by atoms with E-state index in [2.05, 4.69) is 28.1 Å². The number of allylic oxidation sites excluding steroid dienone is 2. The van der Waals surface area contributed by atoms with Crippen molar-refractivity contribution in [3.8, 4) is 0 Å². The van der Waals surface area contributed by atoms with Crippen molar-refractivity contribution >= 4 is 33.4 Å². The van der Waals surface area contributed by atoms with Crippen molar-refractivity contribution in [2.45, 2.75) is 6.42 Å². The highest BCUT2D eigenvalue weighted by Gasteiger charge is 2.59. The van der Waals surface area contributed by atoms with Gasteiger partial charge in [-0.25, -0.2) is 4.90 Å². The third-order valence-electron chi connectivity index (χ3n) is 4.56. The maximum Gasteiger partial charge on any atom is 0.238 e. The zero-order valence-corrected chi connectivity index (χ0v) is 11.7. The number of carbonyl (C=O) groups excluding carboxylic acids is 2. The van der Waals surface area contributed by atoms with Crippen molar-refractivity contribution in [3.05, 3.63) is 40.9 Å². The fourth-order valence-corrected chi connectivity index (χ4v) is 4.23. The average Bonchev–Trinajstić information content (AvgIpc) is 3.06. The Balaban J connectivity index is 1.79. The number of nitrogens with zero attached hydrogens (tertiary/aromatic N) is 1. The van der Waals surface area contributed by atoms with Gasteiger partial charge in [-0.2, -0.15) is 0 Å². The van der Waals surface area contributed by atoms with Gasteiger partial charge in [-0.05, 0) is 46.3 Å². The first kappa shape index (κ1) is 11.4. The van der Waals surface area contributed by atoms with E-state index < -0.39 is 0 Å². The molecule has 4 rings (SSSR count). The number of amides is 2. The minimum Gasteiger partial charge on any atom is -0.274 e. The first-order chi connectivity index (χ1) is 9.18. The SMILES string of the molecule is O=C1[C@@H]2[C@@H](C(=O)N1c1ccccc1Br)[C@H]1C=C[C@@H]2C1. The lowest BCUT2D eigenvalue weighted by Crippen LogP contribution is -2.33. The third-order valence-corrected chi connectivity index (χ3v) is 5.23. The molecule has 1 aromatic carbocycles. The Morgan fingerprint density at radius 3 is 2.16 bits per heavy atom. The highest BCUT2D eigenvalue weighted by molar-refractivity contribution is 9.10. The number of hydrogen-bond donors (Lipinski definition) is 0. The first-order valence-corrected chi connectivity index (χ1v) is 7.28. The summed E-state index contributed by atoms with van der Waals surface area (Å²) in [6, 6.07) is 7.40. The summed E-state index contributed by atoms with van der Waals surface area (Å²) in [5, 5.41) is 0. The molecule has 96 valence electrons. The highest BCUT2D eigenvalue weighted by Crippen LogP contribution is 2.53. The Bertz CT molecular complexity index is 594. The average molecular weight is 318 g/mol. The van der Waals surface area contributed by atoms with Gasteiger partial charge in [0.05, 0.1) is 17.5 Å². The second kappa shape index (κ2) is 3.79. The maximum absolute atomic E-state index is 12.6. The minimum atomic E-state index is -0.130. The Morgan fingerprint density at radius 2 is 1.58 bits per heavy atom. The van der Waals surface area contributed by atoms with Crippen LogP contribution in [0.4, 0.5) is 5.69 Å². The van der Waals surface area contributed by atoms with Gasteiger partial charge in [0.25, 0.3) is 0 Å². The molecule has 1 heterocycles. The molecule has 0 N–H and O–H groups in total. The molecule has 1 aliphatic heterocycles. The molecule has 2 aliphatic carbocycles. The van der Waals surface area contributed by atoms with E-state index in [-0.39, 0.29) is 35.5 Å². The number of para-hydroxylation sites is 1. The molecule has 0 spiro atoms. The molecule has 1 saturated heterocycles. The van der Waals surface area contributed by atoms with Crippen LogP contribution in [0.1, 0.15) is 6.42 Å². The summed E-state index contributed by atoms with van der Waals surface area (Å²) in [6.07, 6.45) is 5.19. The summed E-state index contributed by atoms with van der Waals surface area (Å²) < 4.78 is 0.789. The van der Waals surface area contributed by atoms with E-state index in [1.54, 1.807) is 0 Å². The molecule has 3 nitrogen and oxygen atoms in total. The molecule has 2 amide bonds. The molecule has 3 aliphatic rings. The van der Waals surface area contributed by atoms with Crippen LogP contribution in [0.15, 0.2) is 40.9 Å². The van der Waals surface area contributed by atoms with Crippen molar-refractivity contribution in [2.24, 2.45) is 23.7 Å². The molecule has 0 aromatic heterocycles. The molecule has 4 heteroatoms. The monoisotopic (exact) mass is 317 g/mol. The number of hydrogen-bond acceptors (Lipinski definition) is 2. The fraction of sp³-hybridized carbons (Fsp3) is 0.333. The summed E-state index contributed by atoms with van der Waals surface area (Å²) in [5.41, 5.74) is 0.673. The number of halogens is 1. The van der Waals surface area contributed by atoms with Crippen LogP contribution in [0, 0.1) is 23.7 Å². The molecular weight excluding hydrogens is 306 g/mol. The second-order valence-electron chi connectivity index (χ2n) is 5.46. The van der Waals surface area contributed by atoms with Crippen molar-refractivity contribution in [2.75, 3.05) is 4.90 Å². The highest BCUT2D eigenvalue weighted by atomic mass is 79.9. The molecular formula is C15H12BrNO2. The lowest BCUT2D eigenvalue weighted by atomic mass is 9.85. The van der Waals surface area contributed by atoms with Crippen LogP contribution in [0.3, 0.4) is 0 Å². The van der Waals surface area contributed by atoms with E-state index in [1.165, 1.54) is 4.90 Å². The fourth-order valence-electron chi connectivity index (χ4n) is 3.77. The van der Waals surface area contributed by atoms with E-state index >= 15 is 0 Å². The largest absolute Gasteiger partial charge is 0.274 e. The van der Waals surface area contributed by atoms with E-state index in [1.807, 2.05) is 24.3 Å². The Kier molecular flexibility index (Phi) is 2.28. The van der Waals surface area contributed by atoms with Gasteiger partial charge in [-0.15, -0.1) is 0 Å². The molecule has 1 saturated carbocycles. The predicted octanol–water partition coefficient (Wildman–Crippen LogP) is 2.76. The minimum absolute atomic E-state index is 0.0289. The Labute approximate surface area is 119 Å². The van der Waals surface area contributed by atoms with Crippen molar-refractivity contribution in [3.63, 3.8) is 0 Å². The van der Waals surface area contributed by atoms with E-state index in [0.29, 0.717) is 5.69 Å². The predicted molar refractivity (Wildman–Crippen MR) is 74.4 cm³/mol. The van der Waals surface area contributed by atoms with Gasteiger partial charge in [-0.1, -0.05) is 24.3 Å². The van der Waals surface area contributed by atoms with Gasteiger partial charge in [0, 0.05) is 4.47 Å². The Hall–Kier alpha value is -1.42. The topological polar surface area (TPSA) is 37.4 Å². The lowest BCUT2D eigenvalue weighted by molar-refractivity contribution is -0.123. The lowest BCUT2D eigenvalue weighted by Gasteiger charge is -2.18. The first-order valence-electron chi connectivity index (χ1n) is 6.49.